The number of aliphatic hydroxyl groups excluding tert-OH is 1. The Morgan fingerprint density at radius 1 is 1.35 bits per heavy atom. The number of allylic oxidation sites excluding steroid dienone is 2. The zero-order chi connectivity index (χ0) is 17.2. The molecule has 1 aliphatic rings. The van der Waals surface area contributed by atoms with Gasteiger partial charge in [-0.15, -0.1) is 0 Å². The number of benzene rings is 1. The SMILES string of the molecule is CC/C(=C/CO)c1cc2c(cc1OC)OC(C)(C)C=C2C(C)C. The van der Waals surface area contributed by atoms with Crippen LogP contribution < -0.4 is 9.47 Å². The molecule has 0 atom stereocenters. The Bertz CT molecular complexity index is 637. The van der Waals surface area contributed by atoms with Crippen molar-refractivity contribution in [1.82, 2.24) is 0 Å². The highest BCUT2D eigenvalue weighted by Gasteiger charge is 2.29. The fourth-order valence-corrected chi connectivity index (χ4v) is 3.09. The van der Waals surface area contributed by atoms with E-state index in [0.29, 0.717) is 5.92 Å². The minimum absolute atomic E-state index is 0.0276. The number of hydrogen-bond acceptors (Lipinski definition) is 3. The molecule has 0 unspecified atom stereocenters. The van der Waals surface area contributed by atoms with Gasteiger partial charge in [0.15, 0.2) is 0 Å². The molecule has 0 aromatic heterocycles. The summed E-state index contributed by atoms with van der Waals surface area (Å²) in [6.45, 7) is 10.7. The molecule has 23 heavy (non-hydrogen) atoms. The lowest BCUT2D eigenvalue weighted by Crippen LogP contribution is -2.29. The molecule has 0 radical (unpaired) electrons. The van der Waals surface area contributed by atoms with Gasteiger partial charge in [-0.25, -0.2) is 0 Å². The normalized spacial score (nSPS) is 16.7. The monoisotopic (exact) mass is 316 g/mol. The number of rotatable bonds is 5. The topological polar surface area (TPSA) is 38.7 Å². The van der Waals surface area contributed by atoms with Gasteiger partial charge in [-0.05, 0) is 49.5 Å². The van der Waals surface area contributed by atoms with E-state index in [2.05, 4.69) is 46.8 Å². The molecule has 1 aromatic rings. The smallest absolute Gasteiger partial charge is 0.131 e. The molecule has 1 aliphatic heterocycles. The van der Waals surface area contributed by atoms with E-state index in [1.807, 2.05) is 12.1 Å². The Labute approximate surface area is 139 Å². The summed E-state index contributed by atoms with van der Waals surface area (Å²) in [5.41, 5.74) is 4.19. The van der Waals surface area contributed by atoms with E-state index in [1.54, 1.807) is 7.11 Å². The Morgan fingerprint density at radius 2 is 2.04 bits per heavy atom. The molecular formula is C20H28O3. The molecule has 0 bridgehead atoms. The van der Waals surface area contributed by atoms with Crippen LogP contribution in [0.1, 0.15) is 52.2 Å². The summed E-state index contributed by atoms with van der Waals surface area (Å²) in [4.78, 5) is 0. The first-order valence-electron chi connectivity index (χ1n) is 8.27. The lowest BCUT2D eigenvalue weighted by molar-refractivity contribution is 0.156. The number of fused-ring (bicyclic) bond motifs is 1. The van der Waals surface area contributed by atoms with Crippen molar-refractivity contribution >= 4 is 11.1 Å². The summed E-state index contributed by atoms with van der Waals surface area (Å²) in [7, 11) is 1.67. The van der Waals surface area contributed by atoms with E-state index in [1.165, 1.54) is 5.57 Å². The predicted molar refractivity (Wildman–Crippen MR) is 95.9 cm³/mol. The molecule has 126 valence electrons. The number of ether oxygens (including phenoxy) is 2. The van der Waals surface area contributed by atoms with E-state index in [4.69, 9.17) is 9.47 Å². The second kappa shape index (κ2) is 6.79. The van der Waals surface area contributed by atoms with Gasteiger partial charge < -0.3 is 14.6 Å². The molecule has 1 N–H and O–H groups in total. The maximum atomic E-state index is 9.29. The van der Waals surface area contributed by atoms with Crippen molar-refractivity contribution in [3.63, 3.8) is 0 Å². The van der Waals surface area contributed by atoms with Crippen molar-refractivity contribution in [3.8, 4) is 11.5 Å². The van der Waals surface area contributed by atoms with Gasteiger partial charge in [0.2, 0.25) is 0 Å². The summed E-state index contributed by atoms with van der Waals surface area (Å²) >= 11 is 0. The van der Waals surface area contributed by atoms with E-state index < -0.39 is 0 Å². The summed E-state index contributed by atoms with van der Waals surface area (Å²) in [5, 5.41) is 9.29. The minimum Gasteiger partial charge on any atom is -0.496 e. The van der Waals surface area contributed by atoms with E-state index in [9.17, 15) is 5.11 Å². The second-order valence-corrected chi connectivity index (χ2v) is 6.77. The molecule has 3 heteroatoms. The average Bonchev–Trinajstić information content (AvgIpc) is 2.49. The minimum atomic E-state index is -0.326. The molecule has 0 amide bonds. The van der Waals surface area contributed by atoms with Crippen LogP contribution in [0.2, 0.25) is 0 Å². The van der Waals surface area contributed by atoms with Crippen molar-refractivity contribution in [2.45, 2.75) is 46.6 Å². The first-order chi connectivity index (χ1) is 10.8. The van der Waals surface area contributed by atoms with Crippen LogP contribution in [0.15, 0.2) is 24.3 Å². The summed E-state index contributed by atoms with van der Waals surface area (Å²) in [6.07, 6.45) is 4.89. The molecule has 0 fully saturated rings. The molecular weight excluding hydrogens is 288 g/mol. The van der Waals surface area contributed by atoms with Crippen LogP contribution in [0.5, 0.6) is 11.5 Å². The number of methoxy groups -OCH3 is 1. The van der Waals surface area contributed by atoms with Crippen LogP contribution >= 0.6 is 0 Å². The van der Waals surface area contributed by atoms with Gasteiger partial charge in [-0.1, -0.05) is 26.8 Å². The zero-order valence-electron chi connectivity index (χ0n) is 15.1. The zero-order valence-corrected chi connectivity index (χ0v) is 15.1. The van der Waals surface area contributed by atoms with E-state index in [-0.39, 0.29) is 12.2 Å². The van der Waals surface area contributed by atoms with E-state index >= 15 is 0 Å². The Balaban J connectivity index is 2.67. The second-order valence-electron chi connectivity index (χ2n) is 6.77. The van der Waals surface area contributed by atoms with E-state index in [0.717, 1.165) is 34.6 Å². The van der Waals surface area contributed by atoms with Crippen molar-refractivity contribution in [1.29, 1.82) is 0 Å². The molecule has 0 aliphatic carbocycles. The van der Waals surface area contributed by atoms with Crippen molar-refractivity contribution in [2.75, 3.05) is 13.7 Å². The summed E-state index contributed by atoms with van der Waals surface area (Å²) in [5.74, 6) is 2.05. The highest BCUT2D eigenvalue weighted by Crippen LogP contribution is 2.44. The first kappa shape index (κ1) is 17.6. The fraction of sp³-hybridized carbons (Fsp3) is 0.500. The van der Waals surface area contributed by atoms with Gasteiger partial charge in [0.05, 0.1) is 13.7 Å². The third-order valence-electron chi connectivity index (χ3n) is 4.18. The summed E-state index contributed by atoms with van der Waals surface area (Å²) < 4.78 is 11.7. The van der Waals surface area contributed by atoms with Crippen molar-refractivity contribution in [2.24, 2.45) is 5.92 Å². The molecule has 0 saturated carbocycles. The standard InChI is InChI=1S/C20H28O3/c1-7-14(8-9-21)15-10-16-17(13(2)3)12-20(4,5)23-19(16)11-18(15)22-6/h8,10-13,21H,7,9H2,1-6H3/b14-8-. The molecule has 0 saturated heterocycles. The lowest BCUT2D eigenvalue weighted by atomic mass is 9.86. The third kappa shape index (κ3) is 3.61. The van der Waals surface area contributed by atoms with Gasteiger partial charge in [0.25, 0.3) is 0 Å². The molecule has 1 heterocycles. The Kier molecular flexibility index (Phi) is 5.20. The maximum Gasteiger partial charge on any atom is 0.131 e. The van der Waals surface area contributed by atoms with Gasteiger partial charge >= 0.3 is 0 Å². The quantitative estimate of drug-likeness (QED) is 0.856. The van der Waals surface area contributed by atoms with Crippen LogP contribution in [-0.2, 0) is 0 Å². The predicted octanol–water partition coefficient (Wildman–Crippen LogP) is 4.69. The molecule has 3 nitrogen and oxygen atoms in total. The molecule has 2 rings (SSSR count). The van der Waals surface area contributed by atoms with Crippen LogP contribution in [0.25, 0.3) is 11.1 Å². The third-order valence-corrected chi connectivity index (χ3v) is 4.18. The van der Waals surface area contributed by atoms with Gasteiger partial charge in [0.1, 0.15) is 17.1 Å². The first-order valence-corrected chi connectivity index (χ1v) is 8.27. The van der Waals surface area contributed by atoms with Crippen LogP contribution in [-0.4, -0.2) is 24.4 Å². The highest BCUT2D eigenvalue weighted by molar-refractivity contribution is 5.81. The van der Waals surface area contributed by atoms with Crippen LogP contribution in [0, 0.1) is 5.92 Å². The van der Waals surface area contributed by atoms with Crippen LogP contribution in [0.3, 0.4) is 0 Å². The Morgan fingerprint density at radius 3 is 2.57 bits per heavy atom. The number of hydrogen-bond donors (Lipinski definition) is 1. The lowest BCUT2D eigenvalue weighted by Gasteiger charge is -2.33. The summed E-state index contributed by atoms with van der Waals surface area (Å²) in [6, 6.07) is 4.11. The Hall–Kier alpha value is -1.74. The molecule has 0 spiro atoms. The van der Waals surface area contributed by atoms with Gasteiger partial charge in [-0.3, -0.25) is 0 Å². The van der Waals surface area contributed by atoms with Crippen molar-refractivity contribution in [3.05, 3.63) is 35.4 Å². The maximum absolute atomic E-state index is 9.29. The van der Waals surface area contributed by atoms with Crippen LogP contribution in [0.4, 0.5) is 0 Å². The number of aliphatic hydroxyl groups is 1. The van der Waals surface area contributed by atoms with Gasteiger partial charge in [0, 0.05) is 17.2 Å². The highest BCUT2D eigenvalue weighted by atomic mass is 16.5. The van der Waals surface area contributed by atoms with Gasteiger partial charge in [-0.2, -0.15) is 0 Å². The van der Waals surface area contributed by atoms with Crippen molar-refractivity contribution < 1.29 is 14.6 Å². The largest absolute Gasteiger partial charge is 0.496 e. The average molecular weight is 316 g/mol. The molecule has 1 aromatic carbocycles. The fourth-order valence-electron chi connectivity index (χ4n) is 3.09.